The fraction of sp³-hybridized carbons (Fsp3) is 0.483. The van der Waals surface area contributed by atoms with Gasteiger partial charge < -0.3 is 19.5 Å². The number of piperidine rings is 1. The summed E-state index contributed by atoms with van der Waals surface area (Å²) in [6.45, 7) is 11.5. The van der Waals surface area contributed by atoms with Gasteiger partial charge >= 0.3 is 0 Å². The predicted molar refractivity (Wildman–Crippen MR) is 147 cm³/mol. The SMILES string of the molecule is Cc1c(-c2[nH]c3ccc(OCC4CCN(C(=O)CN(C)C)CC4)cc3c2C(C)C)cn2cnnc2c1C. The highest BCUT2D eigenvalue weighted by Gasteiger charge is 2.24. The summed E-state index contributed by atoms with van der Waals surface area (Å²) in [6.07, 6.45) is 5.85. The van der Waals surface area contributed by atoms with Gasteiger partial charge in [-0.25, -0.2) is 0 Å². The van der Waals surface area contributed by atoms with Crippen LogP contribution in [-0.4, -0.2) is 75.6 Å². The van der Waals surface area contributed by atoms with Crippen LogP contribution in [0.25, 0.3) is 27.8 Å². The summed E-state index contributed by atoms with van der Waals surface area (Å²) in [5.74, 6) is 1.91. The molecule has 1 aromatic carbocycles. The van der Waals surface area contributed by atoms with Crippen LogP contribution in [0.15, 0.2) is 30.7 Å². The summed E-state index contributed by atoms with van der Waals surface area (Å²) < 4.78 is 8.31. The molecular weight excluding hydrogens is 464 g/mol. The Bertz CT molecular complexity index is 1430. The summed E-state index contributed by atoms with van der Waals surface area (Å²) in [6, 6.07) is 6.37. The van der Waals surface area contributed by atoms with Crippen LogP contribution >= 0.6 is 0 Å². The molecule has 196 valence electrons. The van der Waals surface area contributed by atoms with Crippen LogP contribution in [0.2, 0.25) is 0 Å². The smallest absolute Gasteiger partial charge is 0.236 e. The standard InChI is InChI=1S/C29H38N6O2/c1-18(2)27-23-13-22(37-16-21-9-11-34(12-10-21)26(36)15-33(5)6)7-8-25(23)31-28(27)24-14-35-17-30-32-29(35)20(4)19(24)3/h7-8,13-14,17-18,21,31H,9-12,15-16H2,1-6H3. The molecule has 0 spiro atoms. The molecule has 0 unspecified atom stereocenters. The number of fused-ring (bicyclic) bond motifs is 2. The summed E-state index contributed by atoms with van der Waals surface area (Å²) >= 11 is 0. The molecule has 0 atom stereocenters. The number of carbonyl (C=O) groups is 1. The van der Waals surface area contributed by atoms with Crippen molar-refractivity contribution in [1.82, 2.24) is 29.4 Å². The molecule has 0 saturated carbocycles. The van der Waals surface area contributed by atoms with Crippen molar-refractivity contribution in [2.24, 2.45) is 5.92 Å². The van der Waals surface area contributed by atoms with Crippen LogP contribution in [-0.2, 0) is 4.79 Å². The van der Waals surface area contributed by atoms with E-state index in [1.54, 1.807) is 6.33 Å². The summed E-state index contributed by atoms with van der Waals surface area (Å²) in [4.78, 5) is 20.0. The first kappa shape index (κ1) is 25.3. The molecule has 1 saturated heterocycles. The lowest BCUT2D eigenvalue weighted by Gasteiger charge is -2.32. The maximum Gasteiger partial charge on any atom is 0.236 e. The molecular formula is C29H38N6O2. The van der Waals surface area contributed by atoms with Crippen LogP contribution in [0.4, 0.5) is 0 Å². The van der Waals surface area contributed by atoms with Crippen molar-refractivity contribution in [3.8, 4) is 17.0 Å². The molecule has 4 heterocycles. The first-order chi connectivity index (χ1) is 17.7. The number of aryl methyl sites for hydroxylation is 1. The molecule has 1 amide bonds. The van der Waals surface area contributed by atoms with E-state index in [4.69, 9.17) is 4.74 Å². The Morgan fingerprint density at radius 2 is 1.95 bits per heavy atom. The quantitative estimate of drug-likeness (QED) is 0.393. The molecule has 1 fully saturated rings. The minimum Gasteiger partial charge on any atom is -0.493 e. The van der Waals surface area contributed by atoms with Crippen molar-refractivity contribution in [3.05, 3.63) is 47.4 Å². The number of likely N-dealkylation sites (N-methyl/N-ethyl adjacent to an activating group) is 1. The lowest BCUT2D eigenvalue weighted by molar-refractivity contribution is -0.133. The second-order valence-corrected chi connectivity index (χ2v) is 11.0. The number of likely N-dealkylation sites (tertiary alicyclic amines) is 1. The highest BCUT2D eigenvalue weighted by molar-refractivity contribution is 5.93. The molecule has 5 rings (SSSR count). The number of pyridine rings is 1. The zero-order chi connectivity index (χ0) is 26.3. The van der Waals surface area contributed by atoms with Gasteiger partial charge in [0.2, 0.25) is 5.91 Å². The summed E-state index contributed by atoms with van der Waals surface area (Å²) in [7, 11) is 3.87. The van der Waals surface area contributed by atoms with E-state index in [0.717, 1.165) is 54.1 Å². The lowest BCUT2D eigenvalue weighted by Crippen LogP contribution is -2.43. The minimum absolute atomic E-state index is 0.216. The van der Waals surface area contributed by atoms with Crippen LogP contribution in [0.5, 0.6) is 5.75 Å². The number of rotatable bonds is 7. The van der Waals surface area contributed by atoms with Crippen molar-refractivity contribution in [2.45, 2.75) is 46.5 Å². The molecule has 8 nitrogen and oxygen atoms in total. The van der Waals surface area contributed by atoms with Gasteiger partial charge in [-0.15, -0.1) is 10.2 Å². The Morgan fingerprint density at radius 1 is 1.19 bits per heavy atom. The van der Waals surface area contributed by atoms with E-state index < -0.39 is 0 Å². The largest absolute Gasteiger partial charge is 0.493 e. The third kappa shape index (κ3) is 4.94. The fourth-order valence-corrected chi connectivity index (χ4v) is 5.49. The van der Waals surface area contributed by atoms with Gasteiger partial charge in [0.15, 0.2) is 5.65 Å². The molecule has 4 aromatic rings. The van der Waals surface area contributed by atoms with Gasteiger partial charge in [0.1, 0.15) is 12.1 Å². The Morgan fingerprint density at radius 3 is 2.65 bits per heavy atom. The Labute approximate surface area is 218 Å². The van der Waals surface area contributed by atoms with E-state index in [-0.39, 0.29) is 5.91 Å². The van der Waals surface area contributed by atoms with E-state index in [1.165, 1.54) is 22.1 Å². The van der Waals surface area contributed by atoms with Gasteiger partial charge in [-0.3, -0.25) is 9.20 Å². The Balaban J connectivity index is 1.36. The maximum absolute atomic E-state index is 12.3. The van der Waals surface area contributed by atoms with Gasteiger partial charge in [-0.2, -0.15) is 0 Å². The third-order valence-corrected chi connectivity index (χ3v) is 7.70. The molecule has 0 aliphatic carbocycles. The van der Waals surface area contributed by atoms with E-state index >= 15 is 0 Å². The topological polar surface area (TPSA) is 78.8 Å². The molecule has 3 aromatic heterocycles. The van der Waals surface area contributed by atoms with E-state index in [1.807, 2.05) is 28.3 Å². The third-order valence-electron chi connectivity index (χ3n) is 7.70. The normalized spacial score (nSPS) is 15.0. The van der Waals surface area contributed by atoms with Gasteiger partial charge in [0.25, 0.3) is 0 Å². The molecule has 0 bridgehead atoms. The summed E-state index contributed by atoms with van der Waals surface area (Å²) in [5, 5.41) is 9.57. The zero-order valence-corrected chi connectivity index (χ0v) is 22.8. The average molecular weight is 503 g/mol. The number of aromatic nitrogens is 4. The molecule has 37 heavy (non-hydrogen) atoms. The van der Waals surface area contributed by atoms with E-state index in [9.17, 15) is 4.79 Å². The number of carbonyl (C=O) groups excluding carboxylic acids is 1. The number of nitrogens with zero attached hydrogens (tertiary/aromatic N) is 5. The van der Waals surface area contributed by atoms with Crippen molar-refractivity contribution in [2.75, 3.05) is 40.3 Å². The molecule has 1 aliphatic heterocycles. The number of aromatic amines is 1. The number of amides is 1. The van der Waals surface area contributed by atoms with Gasteiger partial charge in [-0.05, 0) is 87.5 Å². The van der Waals surface area contributed by atoms with Gasteiger partial charge in [0, 0.05) is 35.8 Å². The number of benzene rings is 1. The molecule has 1 N–H and O–H groups in total. The first-order valence-corrected chi connectivity index (χ1v) is 13.2. The van der Waals surface area contributed by atoms with Crippen molar-refractivity contribution >= 4 is 22.5 Å². The van der Waals surface area contributed by atoms with Crippen LogP contribution < -0.4 is 4.74 Å². The molecule has 0 radical (unpaired) electrons. The second-order valence-electron chi connectivity index (χ2n) is 11.0. The second kappa shape index (κ2) is 10.2. The van der Waals surface area contributed by atoms with Crippen LogP contribution in [0.3, 0.4) is 0 Å². The van der Waals surface area contributed by atoms with Crippen molar-refractivity contribution < 1.29 is 9.53 Å². The predicted octanol–water partition coefficient (Wildman–Crippen LogP) is 4.80. The number of nitrogens with one attached hydrogen (secondary N) is 1. The highest BCUT2D eigenvalue weighted by Crippen LogP contribution is 2.39. The van der Waals surface area contributed by atoms with Crippen molar-refractivity contribution in [1.29, 1.82) is 0 Å². The molecule has 1 aliphatic rings. The number of ether oxygens (including phenoxy) is 1. The number of hydrogen-bond donors (Lipinski definition) is 1. The van der Waals surface area contributed by atoms with E-state index in [2.05, 4.69) is 67.3 Å². The van der Waals surface area contributed by atoms with Crippen LogP contribution in [0.1, 0.15) is 49.3 Å². The highest BCUT2D eigenvalue weighted by atomic mass is 16.5. The summed E-state index contributed by atoms with van der Waals surface area (Å²) in [5.41, 5.74) is 7.97. The van der Waals surface area contributed by atoms with Gasteiger partial charge in [-0.1, -0.05) is 13.8 Å². The fourth-order valence-electron chi connectivity index (χ4n) is 5.49. The molecule has 8 heteroatoms. The van der Waals surface area contributed by atoms with Crippen LogP contribution in [0, 0.1) is 19.8 Å². The maximum atomic E-state index is 12.3. The lowest BCUT2D eigenvalue weighted by atomic mass is 9.94. The number of hydrogen-bond acceptors (Lipinski definition) is 5. The Hall–Kier alpha value is -3.39. The van der Waals surface area contributed by atoms with E-state index in [0.29, 0.717) is 25.0 Å². The average Bonchev–Trinajstić information content (AvgIpc) is 3.49. The minimum atomic E-state index is 0.216. The Kier molecular flexibility index (Phi) is 6.94. The van der Waals surface area contributed by atoms with Crippen molar-refractivity contribution in [3.63, 3.8) is 0 Å². The van der Waals surface area contributed by atoms with Gasteiger partial charge in [0.05, 0.1) is 18.8 Å². The zero-order valence-electron chi connectivity index (χ0n) is 22.8. The monoisotopic (exact) mass is 502 g/mol. The first-order valence-electron chi connectivity index (χ1n) is 13.2. The number of H-pyrrole nitrogens is 1.